The van der Waals surface area contributed by atoms with Crippen LogP contribution in [0.1, 0.15) is 34.1 Å². The molecule has 0 amide bonds. The Kier molecular flexibility index (Phi) is 8.21. The van der Waals surface area contributed by atoms with Crippen molar-refractivity contribution in [3.8, 4) is 0 Å². The van der Waals surface area contributed by atoms with E-state index < -0.39 is 6.10 Å². The predicted molar refractivity (Wildman–Crippen MR) is 65.5 cm³/mol. The minimum absolute atomic E-state index is 0.159. The molecule has 0 saturated carbocycles. The summed E-state index contributed by atoms with van der Waals surface area (Å²) in [5.41, 5.74) is 0. The van der Waals surface area contributed by atoms with Crippen molar-refractivity contribution < 1.29 is 14.7 Å². The van der Waals surface area contributed by atoms with Gasteiger partial charge in [0.2, 0.25) is 0 Å². The zero-order valence-electron chi connectivity index (χ0n) is 11.0. The van der Waals surface area contributed by atoms with Crippen molar-refractivity contribution in [2.24, 2.45) is 17.0 Å². The summed E-state index contributed by atoms with van der Waals surface area (Å²) in [6, 6.07) is 0. The van der Waals surface area contributed by atoms with Gasteiger partial charge < -0.3 is 14.7 Å². The fourth-order valence-electron chi connectivity index (χ4n) is 1.60. The normalized spacial score (nSPS) is 19.4. The van der Waals surface area contributed by atoms with Gasteiger partial charge in [-0.05, 0) is 25.2 Å². The Morgan fingerprint density at radius 3 is 2.38 bits per heavy atom. The highest BCUT2D eigenvalue weighted by molar-refractivity contribution is 5.59. The van der Waals surface area contributed by atoms with E-state index in [1.807, 2.05) is 20.8 Å². The Bertz CT molecular complexity index is 197. The minimum atomic E-state index is -0.428. The van der Waals surface area contributed by atoms with E-state index in [-0.39, 0.29) is 17.9 Å². The van der Waals surface area contributed by atoms with Gasteiger partial charge in [0.15, 0.2) is 0 Å². The van der Waals surface area contributed by atoms with E-state index in [2.05, 4.69) is 12.1 Å². The van der Waals surface area contributed by atoms with Gasteiger partial charge in [0.05, 0.1) is 12.2 Å². The third-order valence-corrected chi connectivity index (χ3v) is 2.92. The van der Waals surface area contributed by atoms with Crippen molar-refractivity contribution in [2.75, 3.05) is 13.7 Å². The first-order valence-corrected chi connectivity index (χ1v) is 5.94. The first-order valence-electron chi connectivity index (χ1n) is 5.94. The number of hydrogen-bond acceptors (Lipinski definition) is 4. The summed E-state index contributed by atoms with van der Waals surface area (Å²) in [7, 11) is 1.63. The molecule has 0 aliphatic carbocycles. The summed E-state index contributed by atoms with van der Waals surface area (Å²) in [5, 5.41) is 13.7. The van der Waals surface area contributed by atoms with Crippen LogP contribution in [0.2, 0.25) is 0 Å². The molecule has 0 aliphatic heterocycles. The molecule has 0 aliphatic rings. The zero-order valence-corrected chi connectivity index (χ0v) is 11.0. The monoisotopic (exact) mass is 231 g/mol. The van der Waals surface area contributed by atoms with Gasteiger partial charge in [-0.1, -0.05) is 25.9 Å². The predicted octanol–water partition coefficient (Wildman–Crippen LogP) is 2.07. The lowest BCUT2D eigenvalue weighted by molar-refractivity contribution is -0.0487. The Labute approximate surface area is 98.6 Å². The fourth-order valence-corrected chi connectivity index (χ4v) is 1.60. The van der Waals surface area contributed by atoms with E-state index in [1.165, 1.54) is 0 Å². The molecule has 4 unspecified atom stereocenters. The van der Waals surface area contributed by atoms with Gasteiger partial charge in [0, 0.05) is 13.3 Å². The standard InChI is InChI=1S/C12H25NO3/c1-6-11(14)12(15-5)10(4)9(3)8-13-16-7-2/h8-12,14H,6-7H2,1-5H3/b13-8+. The van der Waals surface area contributed by atoms with Crippen LogP contribution in [0.25, 0.3) is 0 Å². The molecular formula is C12H25NO3. The number of aliphatic hydroxyl groups excluding tert-OH is 1. The van der Waals surface area contributed by atoms with Gasteiger partial charge in [-0.25, -0.2) is 0 Å². The highest BCUT2D eigenvalue weighted by Crippen LogP contribution is 2.20. The van der Waals surface area contributed by atoms with E-state index in [9.17, 15) is 5.11 Å². The summed E-state index contributed by atoms with van der Waals surface area (Å²) >= 11 is 0. The van der Waals surface area contributed by atoms with Gasteiger partial charge in [-0.2, -0.15) is 0 Å². The van der Waals surface area contributed by atoms with Gasteiger partial charge in [0.1, 0.15) is 6.61 Å². The van der Waals surface area contributed by atoms with Crippen molar-refractivity contribution in [2.45, 2.75) is 46.3 Å². The Hall–Kier alpha value is -0.610. The van der Waals surface area contributed by atoms with Crippen molar-refractivity contribution >= 4 is 6.21 Å². The molecule has 0 saturated heterocycles. The van der Waals surface area contributed by atoms with Crippen LogP contribution < -0.4 is 0 Å². The molecule has 0 rings (SSSR count). The molecule has 0 aromatic rings. The molecule has 96 valence electrons. The van der Waals surface area contributed by atoms with E-state index in [1.54, 1.807) is 13.3 Å². The molecule has 0 bridgehead atoms. The lowest BCUT2D eigenvalue weighted by atomic mass is 9.88. The van der Waals surface area contributed by atoms with Crippen LogP contribution in [0.3, 0.4) is 0 Å². The molecular weight excluding hydrogens is 206 g/mol. The SMILES string of the molecule is CCO/N=C/C(C)C(C)C(OC)C(O)CC. The maximum atomic E-state index is 9.81. The lowest BCUT2D eigenvalue weighted by Crippen LogP contribution is -2.37. The van der Waals surface area contributed by atoms with Crippen molar-refractivity contribution in [1.29, 1.82) is 0 Å². The Morgan fingerprint density at radius 1 is 1.31 bits per heavy atom. The average Bonchev–Trinajstić information content (AvgIpc) is 2.29. The minimum Gasteiger partial charge on any atom is -0.396 e. The second-order valence-corrected chi connectivity index (χ2v) is 4.07. The summed E-state index contributed by atoms with van der Waals surface area (Å²) in [4.78, 5) is 4.92. The quantitative estimate of drug-likeness (QED) is 0.514. The molecule has 1 N–H and O–H groups in total. The number of hydrogen-bond donors (Lipinski definition) is 1. The van der Waals surface area contributed by atoms with Crippen LogP contribution in [0.15, 0.2) is 5.16 Å². The van der Waals surface area contributed by atoms with Crippen LogP contribution in [0.4, 0.5) is 0 Å². The molecule has 0 heterocycles. The molecule has 16 heavy (non-hydrogen) atoms. The molecule has 4 nitrogen and oxygen atoms in total. The molecule has 0 radical (unpaired) electrons. The van der Waals surface area contributed by atoms with Crippen molar-refractivity contribution in [3.63, 3.8) is 0 Å². The number of ether oxygens (including phenoxy) is 1. The van der Waals surface area contributed by atoms with E-state index in [0.717, 1.165) is 0 Å². The first-order chi connectivity index (χ1) is 7.58. The van der Waals surface area contributed by atoms with Crippen molar-refractivity contribution in [3.05, 3.63) is 0 Å². The van der Waals surface area contributed by atoms with Crippen LogP contribution >= 0.6 is 0 Å². The molecule has 0 aromatic carbocycles. The molecule has 0 fully saturated rings. The van der Waals surface area contributed by atoms with E-state index in [0.29, 0.717) is 13.0 Å². The lowest BCUT2D eigenvalue weighted by Gasteiger charge is -2.29. The third kappa shape index (κ3) is 4.94. The molecule has 0 aromatic heterocycles. The van der Waals surface area contributed by atoms with Gasteiger partial charge in [-0.15, -0.1) is 0 Å². The summed E-state index contributed by atoms with van der Waals surface area (Å²) in [5.74, 6) is 0.404. The number of nitrogens with zero attached hydrogens (tertiary/aromatic N) is 1. The Balaban J connectivity index is 4.31. The smallest absolute Gasteiger partial charge is 0.114 e. The van der Waals surface area contributed by atoms with Crippen molar-refractivity contribution in [1.82, 2.24) is 0 Å². The van der Waals surface area contributed by atoms with Gasteiger partial charge >= 0.3 is 0 Å². The summed E-state index contributed by atoms with van der Waals surface area (Å²) in [6.45, 7) is 8.51. The maximum Gasteiger partial charge on any atom is 0.114 e. The fraction of sp³-hybridized carbons (Fsp3) is 0.917. The van der Waals surface area contributed by atoms with Gasteiger partial charge in [-0.3, -0.25) is 0 Å². The summed E-state index contributed by atoms with van der Waals surface area (Å²) < 4.78 is 5.34. The zero-order chi connectivity index (χ0) is 12.6. The average molecular weight is 231 g/mol. The second kappa shape index (κ2) is 8.53. The van der Waals surface area contributed by atoms with Crippen LogP contribution in [0.5, 0.6) is 0 Å². The molecule has 4 atom stereocenters. The van der Waals surface area contributed by atoms with E-state index in [4.69, 9.17) is 9.57 Å². The number of oxime groups is 1. The summed E-state index contributed by atoms with van der Waals surface area (Å²) in [6.07, 6.45) is 1.87. The van der Waals surface area contributed by atoms with E-state index >= 15 is 0 Å². The van der Waals surface area contributed by atoms with Gasteiger partial charge in [0.25, 0.3) is 0 Å². The topological polar surface area (TPSA) is 51.0 Å². The molecule has 4 heteroatoms. The molecule has 0 spiro atoms. The number of methoxy groups -OCH3 is 1. The van der Waals surface area contributed by atoms with Crippen LogP contribution in [0, 0.1) is 11.8 Å². The highest BCUT2D eigenvalue weighted by Gasteiger charge is 2.27. The number of aliphatic hydroxyl groups is 1. The second-order valence-electron chi connectivity index (χ2n) is 4.07. The highest BCUT2D eigenvalue weighted by atomic mass is 16.6. The maximum absolute atomic E-state index is 9.81. The van der Waals surface area contributed by atoms with Crippen LogP contribution in [-0.2, 0) is 9.57 Å². The largest absolute Gasteiger partial charge is 0.396 e. The van der Waals surface area contributed by atoms with Crippen LogP contribution in [-0.4, -0.2) is 37.2 Å². The Morgan fingerprint density at radius 2 is 1.94 bits per heavy atom. The number of rotatable bonds is 8. The first kappa shape index (κ1) is 15.4. The third-order valence-electron chi connectivity index (χ3n) is 2.92.